The maximum Gasteiger partial charge on any atom is 0.268 e. The van der Waals surface area contributed by atoms with Crippen LogP contribution in [0.5, 0.6) is 0 Å². The number of hydrogen-bond donors (Lipinski definition) is 1. The molecule has 2 rings (SSSR count). The first-order chi connectivity index (χ1) is 9.95. The smallest absolute Gasteiger partial charge is 0.268 e. The zero-order chi connectivity index (χ0) is 15.5. The number of aryl methyl sites for hydroxylation is 1. The Balaban J connectivity index is 2.03. The Kier molecular flexibility index (Phi) is 5.00. The van der Waals surface area contributed by atoms with Gasteiger partial charge in [-0.15, -0.1) is 0 Å². The van der Waals surface area contributed by atoms with Crippen LogP contribution in [0.4, 0.5) is 5.69 Å². The van der Waals surface area contributed by atoms with Crippen LogP contribution >= 0.6 is 0 Å². The lowest BCUT2D eigenvalue weighted by molar-refractivity contribution is 0.121. The van der Waals surface area contributed by atoms with Crippen molar-refractivity contribution in [3.05, 3.63) is 22.6 Å². The molecule has 1 atom stereocenters. The highest BCUT2D eigenvalue weighted by atomic mass is 16.5. The molecule has 0 bridgehead atoms. The highest BCUT2D eigenvalue weighted by Gasteiger charge is 2.23. The number of ether oxygens (including phenoxy) is 1. The van der Waals surface area contributed by atoms with E-state index in [1.54, 1.807) is 19.4 Å². The zero-order valence-electron chi connectivity index (χ0n) is 13.2. The van der Waals surface area contributed by atoms with Gasteiger partial charge in [-0.3, -0.25) is 4.79 Å². The van der Waals surface area contributed by atoms with Gasteiger partial charge < -0.3 is 15.4 Å². The molecule has 1 unspecified atom stereocenters. The monoisotopic (exact) mass is 294 g/mol. The van der Waals surface area contributed by atoms with Crippen LogP contribution in [0.2, 0.25) is 0 Å². The lowest BCUT2D eigenvalue weighted by Gasteiger charge is -2.22. The Hall–Kier alpha value is -1.40. The van der Waals surface area contributed by atoms with Crippen LogP contribution in [0, 0.1) is 5.41 Å². The first-order valence-corrected chi connectivity index (χ1v) is 7.50. The summed E-state index contributed by atoms with van der Waals surface area (Å²) in [7, 11) is 1.73. The van der Waals surface area contributed by atoms with Crippen LogP contribution in [0.3, 0.4) is 0 Å². The number of anilines is 1. The van der Waals surface area contributed by atoms with Gasteiger partial charge in [-0.1, -0.05) is 13.8 Å². The predicted octanol–water partition coefficient (Wildman–Crippen LogP) is 0.843. The fourth-order valence-corrected chi connectivity index (χ4v) is 2.43. The van der Waals surface area contributed by atoms with E-state index >= 15 is 0 Å². The minimum atomic E-state index is -0.0545. The largest absolute Gasteiger partial charge is 0.380 e. The molecule has 2 N–H and O–H groups in total. The minimum Gasteiger partial charge on any atom is -0.380 e. The minimum absolute atomic E-state index is 0.0282. The number of nitrogens with zero attached hydrogens (tertiary/aromatic N) is 3. The summed E-state index contributed by atoms with van der Waals surface area (Å²) in [5.41, 5.74) is 6.57. The molecule has 21 heavy (non-hydrogen) atoms. The summed E-state index contributed by atoms with van der Waals surface area (Å²) in [6.45, 7) is 7.13. The van der Waals surface area contributed by atoms with Crippen LogP contribution in [0.15, 0.2) is 17.1 Å². The van der Waals surface area contributed by atoms with Gasteiger partial charge >= 0.3 is 0 Å². The molecule has 1 aliphatic rings. The zero-order valence-corrected chi connectivity index (χ0v) is 13.2. The summed E-state index contributed by atoms with van der Waals surface area (Å²) in [5, 5.41) is 4.29. The molecule has 2 heterocycles. The van der Waals surface area contributed by atoms with Crippen molar-refractivity contribution in [3.63, 3.8) is 0 Å². The molecule has 1 aromatic rings. The van der Waals surface area contributed by atoms with E-state index in [1.807, 2.05) is 0 Å². The Bertz CT molecular complexity index is 527. The van der Waals surface area contributed by atoms with Gasteiger partial charge in [-0.05, 0) is 24.8 Å². The van der Waals surface area contributed by atoms with Crippen molar-refractivity contribution in [1.82, 2.24) is 9.78 Å². The van der Waals surface area contributed by atoms with E-state index in [4.69, 9.17) is 10.5 Å². The third-order valence-electron chi connectivity index (χ3n) is 4.25. The Labute approximate surface area is 125 Å². The summed E-state index contributed by atoms with van der Waals surface area (Å²) in [6, 6.07) is 1.67. The lowest BCUT2D eigenvalue weighted by Crippen LogP contribution is -2.30. The number of aromatic nitrogens is 2. The molecular formula is C15H26N4O2. The molecule has 1 fully saturated rings. The summed E-state index contributed by atoms with van der Waals surface area (Å²) < 4.78 is 6.87. The van der Waals surface area contributed by atoms with E-state index in [0.29, 0.717) is 13.1 Å². The van der Waals surface area contributed by atoms with E-state index in [0.717, 1.165) is 31.6 Å². The van der Waals surface area contributed by atoms with E-state index in [9.17, 15) is 4.79 Å². The van der Waals surface area contributed by atoms with Gasteiger partial charge in [0.15, 0.2) is 0 Å². The van der Waals surface area contributed by atoms with Crippen LogP contribution in [0.1, 0.15) is 26.7 Å². The summed E-state index contributed by atoms with van der Waals surface area (Å²) in [5.74, 6) is 0. The van der Waals surface area contributed by atoms with E-state index in [2.05, 4.69) is 23.8 Å². The number of nitrogens with two attached hydrogens (primary N) is 1. The molecule has 0 aromatic carbocycles. The third-order valence-corrected chi connectivity index (χ3v) is 4.25. The summed E-state index contributed by atoms with van der Waals surface area (Å²) in [6.07, 6.45) is 3.85. The molecule has 6 heteroatoms. The topological polar surface area (TPSA) is 73.4 Å². The average molecular weight is 294 g/mol. The normalized spacial score (nSPS) is 19.2. The third kappa shape index (κ3) is 4.04. The van der Waals surface area contributed by atoms with Crippen molar-refractivity contribution < 1.29 is 4.74 Å². The predicted molar refractivity (Wildman–Crippen MR) is 83.6 cm³/mol. The molecule has 1 aromatic heterocycles. The first-order valence-electron chi connectivity index (χ1n) is 7.50. The maximum absolute atomic E-state index is 12.2. The van der Waals surface area contributed by atoms with E-state index < -0.39 is 0 Å². The highest BCUT2D eigenvalue weighted by molar-refractivity contribution is 5.44. The molecule has 6 nitrogen and oxygen atoms in total. The van der Waals surface area contributed by atoms with Crippen molar-refractivity contribution in [2.45, 2.75) is 39.3 Å². The molecule has 0 aliphatic carbocycles. The van der Waals surface area contributed by atoms with Gasteiger partial charge in [0.05, 0.1) is 18.0 Å². The molecule has 0 spiro atoms. The Morgan fingerprint density at radius 3 is 2.86 bits per heavy atom. The Morgan fingerprint density at radius 1 is 1.52 bits per heavy atom. The fourth-order valence-electron chi connectivity index (χ4n) is 2.43. The van der Waals surface area contributed by atoms with Gasteiger partial charge in [-0.25, -0.2) is 4.68 Å². The van der Waals surface area contributed by atoms with Crippen molar-refractivity contribution in [2.24, 2.45) is 11.1 Å². The van der Waals surface area contributed by atoms with Gasteiger partial charge in [0, 0.05) is 32.8 Å². The molecule has 0 radical (unpaired) electrons. The number of methoxy groups -OCH3 is 1. The number of rotatable bonds is 6. The van der Waals surface area contributed by atoms with Crippen molar-refractivity contribution in [1.29, 1.82) is 0 Å². The fraction of sp³-hybridized carbons (Fsp3) is 0.733. The molecule has 118 valence electrons. The van der Waals surface area contributed by atoms with E-state index in [1.165, 1.54) is 4.68 Å². The van der Waals surface area contributed by atoms with Crippen LogP contribution in [-0.2, 0) is 11.3 Å². The second-order valence-corrected chi connectivity index (χ2v) is 6.49. The van der Waals surface area contributed by atoms with Gasteiger partial charge in [0.25, 0.3) is 5.56 Å². The average Bonchev–Trinajstić information content (AvgIpc) is 2.95. The highest BCUT2D eigenvalue weighted by Crippen LogP contribution is 2.20. The number of hydrogen-bond acceptors (Lipinski definition) is 5. The maximum atomic E-state index is 12.2. The van der Waals surface area contributed by atoms with Crippen molar-refractivity contribution in [3.8, 4) is 0 Å². The lowest BCUT2D eigenvalue weighted by atomic mass is 9.90. The van der Waals surface area contributed by atoms with E-state index in [-0.39, 0.29) is 17.1 Å². The van der Waals surface area contributed by atoms with Gasteiger partial charge in [0.2, 0.25) is 0 Å². The SMILES string of the molecule is COC1CCN(c2cnn(CCC(C)(C)CN)c(=O)c2)C1. The second-order valence-electron chi connectivity index (χ2n) is 6.49. The quantitative estimate of drug-likeness (QED) is 0.842. The molecular weight excluding hydrogens is 268 g/mol. The van der Waals surface area contributed by atoms with Crippen LogP contribution < -0.4 is 16.2 Å². The second kappa shape index (κ2) is 6.58. The van der Waals surface area contributed by atoms with Gasteiger partial charge in [0.1, 0.15) is 0 Å². The first kappa shape index (κ1) is 16.0. The summed E-state index contributed by atoms with van der Waals surface area (Å²) >= 11 is 0. The molecule has 0 amide bonds. The molecule has 1 aliphatic heterocycles. The van der Waals surface area contributed by atoms with Crippen LogP contribution in [-0.4, -0.2) is 42.6 Å². The molecule has 0 saturated carbocycles. The molecule has 1 saturated heterocycles. The standard InChI is InChI=1S/C15H26N4O2/c1-15(2,11-16)5-7-19-14(20)8-12(9-17-19)18-6-4-13(10-18)21-3/h8-9,13H,4-7,10-11,16H2,1-3H3. The van der Waals surface area contributed by atoms with Gasteiger partial charge in [-0.2, -0.15) is 5.10 Å². The summed E-state index contributed by atoms with van der Waals surface area (Å²) in [4.78, 5) is 14.3. The van der Waals surface area contributed by atoms with Crippen LogP contribution in [0.25, 0.3) is 0 Å². The van der Waals surface area contributed by atoms with Crippen molar-refractivity contribution in [2.75, 3.05) is 31.6 Å². The van der Waals surface area contributed by atoms with Crippen molar-refractivity contribution >= 4 is 5.69 Å². The Morgan fingerprint density at radius 2 is 2.29 bits per heavy atom.